The molecule has 0 N–H and O–H groups in total. The van der Waals surface area contributed by atoms with Crippen LogP contribution < -0.4 is 0 Å². The maximum atomic E-state index is 6.14. The Morgan fingerprint density at radius 1 is 1.39 bits per heavy atom. The van der Waals surface area contributed by atoms with Crippen LogP contribution in [0.2, 0.25) is 5.15 Å². The first-order chi connectivity index (χ1) is 8.69. The van der Waals surface area contributed by atoms with Gasteiger partial charge in [0.15, 0.2) is 5.82 Å². The predicted octanol–water partition coefficient (Wildman–Crippen LogP) is 3.06. The summed E-state index contributed by atoms with van der Waals surface area (Å²) >= 11 is 6.14. The Morgan fingerprint density at radius 3 is 2.83 bits per heavy atom. The molecule has 0 bridgehead atoms. The van der Waals surface area contributed by atoms with Crippen molar-refractivity contribution < 1.29 is 0 Å². The van der Waals surface area contributed by atoms with E-state index in [-0.39, 0.29) is 0 Å². The van der Waals surface area contributed by atoms with Gasteiger partial charge in [0.05, 0.1) is 5.69 Å². The molecule has 18 heavy (non-hydrogen) atoms. The molecule has 1 aliphatic carbocycles. The summed E-state index contributed by atoms with van der Waals surface area (Å²) in [5.74, 6) is 2.19. The lowest BCUT2D eigenvalue weighted by molar-refractivity contribution is 0.782. The standard InChI is InChI=1S/C13H15ClN4/c1-3-11-15-12(14)8(2)13(16-11)18-7-6-10(17-18)9-4-5-9/h6-7,9H,3-5H2,1-2H3. The first kappa shape index (κ1) is 11.7. The summed E-state index contributed by atoms with van der Waals surface area (Å²) in [6.45, 7) is 3.94. The second-order valence-corrected chi connectivity index (χ2v) is 5.05. The molecular weight excluding hydrogens is 248 g/mol. The minimum atomic E-state index is 0.514. The van der Waals surface area contributed by atoms with Crippen molar-refractivity contribution in [1.29, 1.82) is 0 Å². The molecule has 0 spiro atoms. The van der Waals surface area contributed by atoms with E-state index in [1.807, 2.05) is 24.7 Å². The van der Waals surface area contributed by atoms with Crippen LogP contribution in [0.15, 0.2) is 12.3 Å². The molecule has 2 aromatic heterocycles. The molecule has 0 aliphatic heterocycles. The van der Waals surface area contributed by atoms with Crippen LogP contribution in [0.5, 0.6) is 0 Å². The van der Waals surface area contributed by atoms with Gasteiger partial charge in [0.25, 0.3) is 0 Å². The van der Waals surface area contributed by atoms with Gasteiger partial charge in [-0.15, -0.1) is 0 Å². The summed E-state index contributed by atoms with van der Waals surface area (Å²) in [5.41, 5.74) is 2.03. The molecule has 4 nitrogen and oxygen atoms in total. The lowest BCUT2D eigenvalue weighted by Gasteiger charge is -2.08. The van der Waals surface area contributed by atoms with E-state index in [1.54, 1.807) is 0 Å². The molecule has 1 aliphatic rings. The molecule has 2 heterocycles. The van der Waals surface area contributed by atoms with Crippen LogP contribution in [0.3, 0.4) is 0 Å². The Kier molecular flexibility index (Phi) is 2.82. The average molecular weight is 263 g/mol. The van der Waals surface area contributed by atoms with Gasteiger partial charge in [0.2, 0.25) is 0 Å². The quantitative estimate of drug-likeness (QED) is 0.799. The zero-order valence-electron chi connectivity index (χ0n) is 10.5. The molecule has 0 unspecified atom stereocenters. The summed E-state index contributed by atoms with van der Waals surface area (Å²) in [4.78, 5) is 8.76. The first-order valence-electron chi connectivity index (χ1n) is 6.28. The van der Waals surface area contributed by atoms with Gasteiger partial charge in [-0.2, -0.15) is 5.10 Å². The number of hydrogen-bond acceptors (Lipinski definition) is 3. The van der Waals surface area contributed by atoms with E-state index in [0.29, 0.717) is 11.1 Å². The molecule has 3 rings (SSSR count). The summed E-state index contributed by atoms with van der Waals surface area (Å²) in [6.07, 6.45) is 5.23. The van der Waals surface area contributed by atoms with Crippen molar-refractivity contribution in [2.24, 2.45) is 0 Å². The molecule has 0 atom stereocenters. The first-order valence-corrected chi connectivity index (χ1v) is 6.65. The molecule has 1 saturated carbocycles. The molecule has 0 aromatic carbocycles. The van der Waals surface area contributed by atoms with Crippen molar-refractivity contribution in [3.63, 3.8) is 0 Å². The minimum Gasteiger partial charge on any atom is -0.222 e. The molecule has 94 valence electrons. The van der Waals surface area contributed by atoms with Gasteiger partial charge < -0.3 is 0 Å². The smallest absolute Gasteiger partial charge is 0.161 e. The highest BCUT2D eigenvalue weighted by atomic mass is 35.5. The zero-order valence-corrected chi connectivity index (χ0v) is 11.3. The monoisotopic (exact) mass is 262 g/mol. The van der Waals surface area contributed by atoms with Crippen LogP contribution in [0, 0.1) is 6.92 Å². The summed E-state index contributed by atoms with van der Waals surface area (Å²) in [5, 5.41) is 5.10. The highest BCUT2D eigenvalue weighted by Gasteiger charge is 2.26. The third kappa shape index (κ3) is 2.01. The summed E-state index contributed by atoms with van der Waals surface area (Å²) < 4.78 is 1.82. The Balaban J connectivity index is 2.05. The Morgan fingerprint density at radius 2 is 2.17 bits per heavy atom. The van der Waals surface area contributed by atoms with Gasteiger partial charge in [0.1, 0.15) is 11.0 Å². The molecule has 1 fully saturated rings. The summed E-state index contributed by atoms with van der Waals surface area (Å²) in [7, 11) is 0. The van der Waals surface area contributed by atoms with Gasteiger partial charge in [-0.05, 0) is 25.8 Å². The van der Waals surface area contributed by atoms with Gasteiger partial charge in [-0.25, -0.2) is 14.6 Å². The van der Waals surface area contributed by atoms with Gasteiger partial charge in [-0.3, -0.25) is 0 Å². The minimum absolute atomic E-state index is 0.514. The van der Waals surface area contributed by atoms with Crippen LogP contribution in [-0.4, -0.2) is 19.7 Å². The molecule has 0 amide bonds. The fraction of sp³-hybridized carbons (Fsp3) is 0.462. The van der Waals surface area contributed by atoms with Crippen LogP contribution >= 0.6 is 11.6 Å². The van der Waals surface area contributed by atoms with Gasteiger partial charge in [0, 0.05) is 24.1 Å². The third-order valence-corrected chi connectivity index (χ3v) is 3.61. The molecule has 0 radical (unpaired) electrons. The predicted molar refractivity (Wildman–Crippen MR) is 70.3 cm³/mol. The SMILES string of the molecule is CCc1nc(Cl)c(C)c(-n2ccc(C3CC3)n2)n1. The van der Waals surface area contributed by atoms with Crippen molar-refractivity contribution in [1.82, 2.24) is 19.7 Å². The highest BCUT2D eigenvalue weighted by molar-refractivity contribution is 6.30. The maximum absolute atomic E-state index is 6.14. The molecule has 0 saturated heterocycles. The largest absolute Gasteiger partial charge is 0.222 e. The number of nitrogens with zero attached hydrogens (tertiary/aromatic N) is 4. The molecule has 2 aromatic rings. The normalized spacial score (nSPS) is 15.1. The molecule has 5 heteroatoms. The van der Waals surface area contributed by atoms with Crippen LogP contribution in [-0.2, 0) is 6.42 Å². The second-order valence-electron chi connectivity index (χ2n) is 4.69. The Bertz CT molecular complexity index is 587. The van der Waals surface area contributed by atoms with Crippen LogP contribution in [0.4, 0.5) is 0 Å². The number of rotatable bonds is 3. The number of hydrogen-bond donors (Lipinski definition) is 0. The van der Waals surface area contributed by atoms with E-state index < -0.39 is 0 Å². The van der Waals surface area contributed by atoms with Crippen LogP contribution in [0.1, 0.15) is 42.8 Å². The van der Waals surface area contributed by atoms with E-state index in [0.717, 1.165) is 29.3 Å². The Hall–Kier alpha value is -1.42. The van der Waals surface area contributed by atoms with Crippen molar-refractivity contribution >= 4 is 11.6 Å². The highest BCUT2D eigenvalue weighted by Crippen LogP contribution is 2.39. The number of aryl methyl sites for hydroxylation is 1. The van der Waals surface area contributed by atoms with Crippen molar-refractivity contribution in [3.8, 4) is 5.82 Å². The van der Waals surface area contributed by atoms with E-state index in [1.165, 1.54) is 12.8 Å². The van der Waals surface area contributed by atoms with E-state index in [9.17, 15) is 0 Å². The van der Waals surface area contributed by atoms with Crippen LogP contribution in [0.25, 0.3) is 5.82 Å². The second kappa shape index (κ2) is 4.35. The van der Waals surface area contributed by atoms with E-state index >= 15 is 0 Å². The van der Waals surface area contributed by atoms with Gasteiger partial charge in [-0.1, -0.05) is 18.5 Å². The lowest BCUT2D eigenvalue weighted by Crippen LogP contribution is -2.07. The van der Waals surface area contributed by atoms with E-state index in [4.69, 9.17) is 11.6 Å². The van der Waals surface area contributed by atoms with Crippen molar-refractivity contribution in [2.45, 2.75) is 39.0 Å². The van der Waals surface area contributed by atoms with Crippen molar-refractivity contribution in [2.75, 3.05) is 0 Å². The third-order valence-electron chi connectivity index (χ3n) is 3.25. The zero-order chi connectivity index (χ0) is 12.7. The lowest BCUT2D eigenvalue weighted by atomic mass is 10.3. The number of halogens is 1. The maximum Gasteiger partial charge on any atom is 0.161 e. The average Bonchev–Trinajstić information content (AvgIpc) is 3.11. The number of aromatic nitrogens is 4. The van der Waals surface area contributed by atoms with E-state index in [2.05, 4.69) is 21.1 Å². The topological polar surface area (TPSA) is 43.6 Å². The fourth-order valence-electron chi connectivity index (χ4n) is 1.95. The fourth-order valence-corrected chi connectivity index (χ4v) is 2.14. The Labute approximate surface area is 111 Å². The van der Waals surface area contributed by atoms with Crippen molar-refractivity contribution in [3.05, 3.63) is 34.5 Å². The summed E-state index contributed by atoms with van der Waals surface area (Å²) in [6, 6.07) is 2.07. The molecular formula is C13H15ClN4. The van der Waals surface area contributed by atoms with Gasteiger partial charge >= 0.3 is 0 Å².